The summed E-state index contributed by atoms with van der Waals surface area (Å²) < 4.78 is 0. The van der Waals surface area contributed by atoms with E-state index in [4.69, 9.17) is 19.2 Å². The van der Waals surface area contributed by atoms with Crippen molar-refractivity contribution in [3.8, 4) is 0 Å². The van der Waals surface area contributed by atoms with E-state index in [1.165, 1.54) is 0 Å². The van der Waals surface area contributed by atoms with Crippen LogP contribution in [0.3, 0.4) is 0 Å². The van der Waals surface area contributed by atoms with Gasteiger partial charge in [-0.15, -0.1) is 0 Å². The second-order valence-corrected chi connectivity index (χ2v) is 1.80. The van der Waals surface area contributed by atoms with Gasteiger partial charge >= 0.3 is 32.1 Å². The van der Waals surface area contributed by atoms with Gasteiger partial charge in [-0.25, -0.2) is 0 Å². The van der Waals surface area contributed by atoms with E-state index in [0.717, 1.165) is 0 Å². The van der Waals surface area contributed by atoms with Crippen LogP contribution in [0.4, 0.5) is 0 Å². The number of rotatable bonds is 0. The highest BCUT2D eigenvalue weighted by Crippen LogP contribution is 1.67. The molecule has 4 N–H and O–H groups in total. The molecule has 4 nitrogen and oxygen atoms in total. The predicted molar refractivity (Wildman–Crippen MR) is 33.1 cm³/mol. The molecular formula is H9BMgO4Si. The standard InChI is InChI=1S/BH3.Mg.H4O4Si.2H/c;;1-5(2,3)4;;/h1H3;;1-4H;;. The average molecular weight is 136 g/mol. The zero-order valence-corrected chi connectivity index (χ0v) is 3.29. The molecule has 0 aromatic rings. The van der Waals surface area contributed by atoms with Crippen molar-refractivity contribution in [3.63, 3.8) is 0 Å². The molecule has 0 fully saturated rings. The Labute approximate surface area is 60.0 Å². The van der Waals surface area contributed by atoms with Gasteiger partial charge in [-0.3, -0.25) is 0 Å². The van der Waals surface area contributed by atoms with Gasteiger partial charge in [0.2, 0.25) is 0 Å². The van der Waals surface area contributed by atoms with Gasteiger partial charge in [0.25, 0.3) is 0 Å². The molecule has 0 aliphatic heterocycles. The van der Waals surface area contributed by atoms with Gasteiger partial charge in [0, 0.05) is 0 Å². The molecule has 0 saturated heterocycles. The Hall–Kier alpha value is 0.888. The van der Waals surface area contributed by atoms with Crippen LogP contribution in [0.1, 0.15) is 0 Å². The Bertz CT molecular complexity index is 27.2. The van der Waals surface area contributed by atoms with Crippen LogP contribution in [0.25, 0.3) is 0 Å². The maximum absolute atomic E-state index is 7.33. The van der Waals surface area contributed by atoms with Crippen molar-refractivity contribution in [2.75, 3.05) is 0 Å². The first-order valence-corrected chi connectivity index (χ1v) is 2.68. The summed E-state index contributed by atoms with van der Waals surface area (Å²) in [5.41, 5.74) is 0. The molecule has 0 heterocycles. The third-order valence-corrected chi connectivity index (χ3v) is 0. The van der Waals surface area contributed by atoms with Crippen molar-refractivity contribution in [1.82, 2.24) is 0 Å². The van der Waals surface area contributed by atoms with Crippen LogP contribution in [0, 0.1) is 0 Å². The molecule has 0 rings (SSSR count). The predicted octanol–water partition coefficient (Wildman–Crippen LogP) is -4.71. The first-order valence-electron chi connectivity index (χ1n) is 0.894. The number of hydrogen-bond donors (Lipinski definition) is 4. The minimum Gasteiger partial charge on any atom is -0.368 e. The average Bonchev–Trinajstić information content (AvgIpc) is 0.722. The van der Waals surface area contributed by atoms with Gasteiger partial charge in [-0.2, -0.15) is 0 Å². The lowest BCUT2D eigenvalue weighted by molar-refractivity contribution is 0.117. The maximum atomic E-state index is 7.33. The molecule has 7 heteroatoms. The molecule has 0 unspecified atom stereocenters. The molecular weight excluding hydrogens is 127 g/mol. The van der Waals surface area contributed by atoms with E-state index in [1.807, 2.05) is 0 Å². The highest BCUT2D eigenvalue weighted by Gasteiger charge is 2.22. The molecule has 0 amide bonds. The Morgan fingerprint density at radius 2 is 0.857 bits per heavy atom. The van der Waals surface area contributed by atoms with Crippen LogP contribution >= 0.6 is 0 Å². The Balaban J connectivity index is -0.0000000800. The van der Waals surface area contributed by atoms with Gasteiger partial charge in [0.1, 0.15) is 0 Å². The normalized spacial score (nSPS) is 8.57. The Kier molecular flexibility index (Phi) is 11.3. The minimum absolute atomic E-state index is 0. The monoisotopic (exact) mass is 136 g/mol. The topological polar surface area (TPSA) is 80.9 Å². The van der Waals surface area contributed by atoms with Crippen LogP contribution in [0.15, 0.2) is 0 Å². The van der Waals surface area contributed by atoms with Gasteiger partial charge in [0.15, 0.2) is 0 Å². The highest BCUT2D eigenvalue weighted by molar-refractivity contribution is 6.46. The Morgan fingerprint density at radius 3 is 0.857 bits per heavy atom. The van der Waals surface area contributed by atoms with Gasteiger partial charge in [-0.05, 0) is 0 Å². The second-order valence-electron chi connectivity index (χ2n) is 0.600. The first-order chi connectivity index (χ1) is 2.00. The molecule has 0 bridgehead atoms. The zero-order valence-electron chi connectivity index (χ0n) is 2.29. The SMILES string of the molecule is B.O[Si](O)(O)O.[MgH2]. The van der Waals surface area contributed by atoms with Crippen molar-refractivity contribution in [1.29, 1.82) is 0 Å². The molecule has 0 saturated carbocycles. The van der Waals surface area contributed by atoms with Crippen LogP contribution in [0.5, 0.6) is 0 Å². The molecule has 0 aliphatic rings. The van der Waals surface area contributed by atoms with E-state index >= 15 is 0 Å². The van der Waals surface area contributed by atoms with Gasteiger partial charge in [0.05, 0.1) is 8.41 Å². The fraction of sp³-hybridized carbons (Fsp3) is 0. The lowest BCUT2D eigenvalue weighted by Crippen LogP contribution is -2.33. The van der Waals surface area contributed by atoms with E-state index in [9.17, 15) is 0 Å². The maximum Gasteiger partial charge on any atom is 0.668 e. The van der Waals surface area contributed by atoms with E-state index in [2.05, 4.69) is 0 Å². The zero-order chi connectivity index (χ0) is 4.50. The highest BCUT2D eigenvalue weighted by atomic mass is 28.4. The van der Waals surface area contributed by atoms with Crippen molar-refractivity contribution in [2.24, 2.45) is 0 Å². The van der Waals surface area contributed by atoms with Crippen molar-refractivity contribution in [3.05, 3.63) is 0 Å². The summed E-state index contributed by atoms with van der Waals surface area (Å²) in [6.45, 7) is 0. The molecule has 42 valence electrons. The summed E-state index contributed by atoms with van der Waals surface area (Å²) in [4.78, 5) is 29.3. The molecule has 0 atom stereocenters. The summed E-state index contributed by atoms with van der Waals surface area (Å²) in [7, 11) is -4.61. The van der Waals surface area contributed by atoms with E-state index in [0.29, 0.717) is 0 Å². The summed E-state index contributed by atoms with van der Waals surface area (Å²) >= 11 is 0. The summed E-state index contributed by atoms with van der Waals surface area (Å²) in [6.07, 6.45) is 0. The summed E-state index contributed by atoms with van der Waals surface area (Å²) in [6, 6.07) is 0. The third-order valence-electron chi connectivity index (χ3n) is 0. The summed E-state index contributed by atoms with van der Waals surface area (Å²) in [5, 5.41) is 0. The molecule has 0 aromatic carbocycles. The lowest BCUT2D eigenvalue weighted by Gasteiger charge is -1.91. The second kappa shape index (κ2) is 5.03. The number of hydrogen-bond acceptors (Lipinski definition) is 4. The first kappa shape index (κ1) is 15.7. The van der Waals surface area contributed by atoms with Gasteiger partial charge in [-0.1, -0.05) is 0 Å². The third kappa shape index (κ3) is 209. The molecule has 0 radical (unpaired) electrons. The summed E-state index contributed by atoms with van der Waals surface area (Å²) in [5.74, 6) is 0. The van der Waals surface area contributed by atoms with Crippen LogP contribution < -0.4 is 0 Å². The Morgan fingerprint density at radius 1 is 0.857 bits per heavy atom. The van der Waals surface area contributed by atoms with E-state index in [-0.39, 0.29) is 31.5 Å². The lowest BCUT2D eigenvalue weighted by atomic mass is 10.8. The molecule has 0 aromatic heterocycles. The fourth-order valence-electron chi connectivity index (χ4n) is 0. The molecule has 7 heavy (non-hydrogen) atoms. The van der Waals surface area contributed by atoms with E-state index < -0.39 is 9.05 Å². The quantitative estimate of drug-likeness (QED) is 0.252. The molecule has 0 spiro atoms. The smallest absolute Gasteiger partial charge is 0.368 e. The van der Waals surface area contributed by atoms with Gasteiger partial charge < -0.3 is 19.2 Å². The largest absolute Gasteiger partial charge is 0.668 e. The van der Waals surface area contributed by atoms with E-state index in [1.54, 1.807) is 0 Å². The van der Waals surface area contributed by atoms with Crippen molar-refractivity contribution < 1.29 is 19.2 Å². The van der Waals surface area contributed by atoms with Crippen LogP contribution in [-0.2, 0) is 0 Å². The molecule has 0 aliphatic carbocycles. The van der Waals surface area contributed by atoms with Crippen molar-refractivity contribution in [2.45, 2.75) is 0 Å². The van der Waals surface area contributed by atoms with Crippen molar-refractivity contribution >= 4 is 40.5 Å². The fourth-order valence-corrected chi connectivity index (χ4v) is 0. The van der Waals surface area contributed by atoms with Crippen LogP contribution in [-0.4, -0.2) is 59.7 Å². The van der Waals surface area contributed by atoms with Crippen LogP contribution in [0.2, 0.25) is 0 Å². The minimum atomic E-state index is -4.61.